The first-order valence-corrected chi connectivity index (χ1v) is 8.10. The minimum absolute atomic E-state index is 0.00524. The van der Waals surface area contributed by atoms with Crippen molar-refractivity contribution in [3.63, 3.8) is 0 Å². The second-order valence-electron chi connectivity index (χ2n) is 4.85. The molecule has 1 heterocycles. The van der Waals surface area contributed by atoms with Crippen LogP contribution in [0, 0.1) is 6.92 Å². The lowest BCUT2D eigenvalue weighted by atomic mass is 10.2. The molecule has 1 saturated heterocycles. The number of ether oxygens (including phenoxy) is 3. The van der Waals surface area contributed by atoms with E-state index in [-0.39, 0.29) is 24.7 Å². The van der Waals surface area contributed by atoms with Crippen LogP contribution in [-0.2, 0) is 33.3 Å². The summed E-state index contributed by atoms with van der Waals surface area (Å²) in [6, 6.07) is 6.35. The Kier molecular flexibility index (Phi) is 5.52. The van der Waals surface area contributed by atoms with Crippen molar-refractivity contribution in [2.75, 3.05) is 26.9 Å². The summed E-state index contributed by atoms with van der Waals surface area (Å²) >= 11 is 0. The van der Waals surface area contributed by atoms with Gasteiger partial charge in [-0.2, -0.15) is 8.42 Å². The molecule has 22 heavy (non-hydrogen) atoms. The molecule has 0 radical (unpaired) electrons. The van der Waals surface area contributed by atoms with Crippen molar-refractivity contribution in [1.29, 1.82) is 0 Å². The molecule has 1 aromatic rings. The molecule has 0 aliphatic carbocycles. The lowest BCUT2D eigenvalue weighted by Crippen LogP contribution is -2.42. The number of carbonyl (C=O) groups is 1. The van der Waals surface area contributed by atoms with E-state index in [0.29, 0.717) is 0 Å². The van der Waals surface area contributed by atoms with Gasteiger partial charge in [0.25, 0.3) is 10.1 Å². The zero-order chi connectivity index (χ0) is 16.2. The average Bonchev–Trinajstić information content (AvgIpc) is 2.53. The summed E-state index contributed by atoms with van der Waals surface area (Å²) < 4.78 is 44.1. The molecule has 122 valence electrons. The van der Waals surface area contributed by atoms with Gasteiger partial charge in [-0.05, 0) is 19.1 Å². The van der Waals surface area contributed by atoms with Crippen molar-refractivity contribution < 1.29 is 31.6 Å². The molecular formula is C14H18O7S. The minimum atomic E-state index is -3.84. The molecule has 2 atom stereocenters. The Balaban J connectivity index is 1.86. The second kappa shape index (κ2) is 7.19. The van der Waals surface area contributed by atoms with Crippen LogP contribution in [0.2, 0.25) is 0 Å². The van der Waals surface area contributed by atoms with Crippen molar-refractivity contribution in [2.45, 2.75) is 24.0 Å². The van der Waals surface area contributed by atoms with Crippen LogP contribution in [0.5, 0.6) is 0 Å². The summed E-state index contributed by atoms with van der Waals surface area (Å²) in [4.78, 5) is 11.3. The lowest BCUT2D eigenvalue weighted by Gasteiger charge is -2.27. The predicted octanol–water partition coefficient (Wildman–Crippen LogP) is 0.657. The summed E-state index contributed by atoms with van der Waals surface area (Å²) in [5, 5.41) is 0. The Morgan fingerprint density at radius 2 is 1.91 bits per heavy atom. The third-order valence-electron chi connectivity index (χ3n) is 3.15. The number of carbonyl (C=O) groups excluding carboxylic acids is 1. The van der Waals surface area contributed by atoms with Gasteiger partial charge in [-0.3, -0.25) is 4.18 Å². The number of hydrogen-bond donors (Lipinski definition) is 0. The molecule has 1 aliphatic rings. The van der Waals surface area contributed by atoms with Gasteiger partial charge in [0, 0.05) is 0 Å². The maximum Gasteiger partial charge on any atom is 0.337 e. The van der Waals surface area contributed by atoms with Crippen molar-refractivity contribution in [2.24, 2.45) is 0 Å². The van der Waals surface area contributed by atoms with Crippen LogP contribution < -0.4 is 0 Å². The summed E-state index contributed by atoms with van der Waals surface area (Å²) in [7, 11) is -2.58. The predicted molar refractivity (Wildman–Crippen MR) is 75.8 cm³/mol. The third kappa shape index (κ3) is 4.26. The summed E-state index contributed by atoms with van der Waals surface area (Å²) in [6.07, 6.45) is -1.34. The van der Waals surface area contributed by atoms with Crippen molar-refractivity contribution in [3.05, 3.63) is 29.8 Å². The van der Waals surface area contributed by atoms with E-state index in [2.05, 4.69) is 4.74 Å². The van der Waals surface area contributed by atoms with Crippen molar-refractivity contribution in [3.8, 4) is 0 Å². The Labute approximate surface area is 129 Å². The molecule has 0 aromatic heterocycles. The lowest BCUT2D eigenvalue weighted by molar-refractivity contribution is -0.180. The van der Waals surface area contributed by atoms with E-state index in [1.807, 2.05) is 6.92 Å². The number of hydrogen-bond acceptors (Lipinski definition) is 7. The van der Waals surface area contributed by atoms with Gasteiger partial charge in [0.05, 0.1) is 31.8 Å². The van der Waals surface area contributed by atoms with Crippen molar-refractivity contribution >= 4 is 16.1 Å². The second-order valence-corrected chi connectivity index (χ2v) is 6.47. The van der Waals surface area contributed by atoms with Gasteiger partial charge < -0.3 is 14.2 Å². The Hall–Kier alpha value is -1.48. The summed E-state index contributed by atoms with van der Waals surface area (Å²) in [6.45, 7) is 1.75. The number of rotatable bonds is 5. The summed E-state index contributed by atoms with van der Waals surface area (Å²) in [5.74, 6) is -0.522. The molecule has 0 N–H and O–H groups in total. The molecule has 2 unspecified atom stereocenters. The SMILES string of the molecule is COC(=O)C1COC(COS(=O)(=O)c2ccc(C)cc2)CO1. The fourth-order valence-corrected chi connectivity index (χ4v) is 2.78. The number of esters is 1. The highest BCUT2D eigenvalue weighted by atomic mass is 32.2. The first-order chi connectivity index (χ1) is 10.4. The molecule has 0 spiro atoms. The maximum atomic E-state index is 12.0. The zero-order valence-electron chi connectivity index (χ0n) is 12.4. The molecule has 1 fully saturated rings. The molecule has 0 bridgehead atoms. The molecule has 7 nitrogen and oxygen atoms in total. The number of benzene rings is 1. The van der Waals surface area contributed by atoms with Crippen LogP contribution in [0.4, 0.5) is 0 Å². The number of aryl methyl sites for hydroxylation is 1. The largest absolute Gasteiger partial charge is 0.467 e. The molecular weight excluding hydrogens is 312 g/mol. The van der Waals surface area contributed by atoms with Gasteiger partial charge in [0.2, 0.25) is 0 Å². The van der Waals surface area contributed by atoms with Gasteiger partial charge in [-0.1, -0.05) is 17.7 Å². The van der Waals surface area contributed by atoms with Crippen molar-refractivity contribution in [1.82, 2.24) is 0 Å². The highest BCUT2D eigenvalue weighted by Crippen LogP contribution is 2.15. The average molecular weight is 330 g/mol. The molecule has 1 aliphatic heterocycles. The topological polar surface area (TPSA) is 88.1 Å². The Morgan fingerprint density at radius 1 is 1.23 bits per heavy atom. The van der Waals surface area contributed by atoms with E-state index in [9.17, 15) is 13.2 Å². The fourth-order valence-electron chi connectivity index (χ4n) is 1.85. The third-order valence-corrected chi connectivity index (χ3v) is 4.45. The van der Waals surface area contributed by atoms with Gasteiger partial charge in [-0.15, -0.1) is 0 Å². The minimum Gasteiger partial charge on any atom is -0.467 e. The Morgan fingerprint density at radius 3 is 2.45 bits per heavy atom. The first kappa shape index (κ1) is 16.9. The van der Waals surface area contributed by atoms with Gasteiger partial charge in [0.1, 0.15) is 6.10 Å². The normalized spacial score (nSPS) is 22.3. The molecule has 2 rings (SSSR count). The Bertz CT molecular complexity index is 601. The number of methoxy groups -OCH3 is 1. The standard InChI is InChI=1S/C14H18O7S/c1-10-3-5-12(6-4-10)22(16,17)21-8-11-7-20-13(9-19-11)14(15)18-2/h3-6,11,13H,7-9H2,1-2H3. The van der Waals surface area contributed by atoms with Gasteiger partial charge in [-0.25, -0.2) is 4.79 Å². The molecule has 8 heteroatoms. The molecule has 0 saturated carbocycles. The smallest absolute Gasteiger partial charge is 0.337 e. The van der Waals surface area contributed by atoms with E-state index in [4.69, 9.17) is 13.7 Å². The zero-order valence-corrected chi connectivity index (χ0v) is 13.2. The van der Waals surface area contributed by atoms with E-state index in [1.54, 1.807) is 12.1 Å². The van der Waals surface area contributed by atoms with E-state index < -0.39 is 28.3 Å². The van der Waals surface area contributed by atoms with E-state index in [1.165, 1.54) is 19.2 Å². The summed E-state index contributed by atoms with van der Waals surface area (Å²) in [5.41, 5.74) is 0.955. The van der Waals surface area contributed by atoms with Crippen LogP contribution in [0.15, 0.2) is 29.2 Å². The molecule has 1 aromatic carbocycles. The highest BCUT2D eigenvalue weighted by molar-refractivity contribution is 7.86. The van der Waals surface area contributed by atoms with Crippen LogP contribution in [0.25, 0.3) is 0 Å². The van der Waals surface area contributed by atoms with E-state index >= 15 is 0 Å². The van der Waals surface area contributed by atoms with Crippen LogP contribution in [-0.4, -0.2) is 53.5 Å². The fraction of sp³-hybridized carbons (Fsp3) is 0.500. The van der Waals surface area contributed by atoms with Crippen LogP contribution in [0.1, 0.15) is 5.56 Å². The van der Waals surface area contributed by atoms with Gasteiger partial charge in [0.15, 0.2) is 6.10 Å². The maximum absolute atomic E-state index is 12.0. The van der Waals surface area contributed by atoms with Gasteiger partial charge >= 0.3 is 5.97 Å². The van der Waals surface area contributed by atoms with Crippen LogP contribution in [0.3, 0.4) is 0 Å². The van der Waals surface area contributed by atoms with E-state index in [0.717, 1.165) is 5.56 Å². The highest BCUT2D eigenvalue weighted by Gasteiger charge is 2.29. The quantitative estimate of drug-likeness (QED) is 0.579. The first-order valence-electron chi connectivity index (χ1n) is 6.69. The monoisotopic (exact) mass is 330 g/mol. The van der Waals surface area contributed by atoms with Crippen LogP contribution >= 0.6 is 0 Å². The molecule has 0 amide bonds.